The smallest absolute Gasteiger partial charge is 0.321 e. The summed E-state index contributed by atoms with van der Waals surface area (Å²) in [6, 6.07) is 14.7. The number of nitrogens with zero attached hydrogens (tertiary/aromatic N) is 4. The van der Waals surface area contributed by atoms with Gasteiger partial charge in [-0.2, -0.15) is 0 Å². The van der Waals surface area contributed by atoms with Crippen molar-refractivity contribution in [3.8, 4) is 0 Å². The molecule has 1 aromatic heterocycles. The Kier molecular flexibility index (Phi) is 5.92. The van der Waals surface area contributed by atoms with Crippen LogP contribution in [-0.4, -0.2) is 60.5 Å². The number of hydrogen-bond acceptors (Lipinski definition) is 7. The molecule has 0 radical (unpaired) electrons. The highest BCUT2D eigenvalue weighted by atomic mass is 16.5. The molecule has 1 fully saturated rings. The highest BCUT2D eigenvalue weighted by Gasteiger charge is 2.42. The van der Waals surface area contributed by atoms with Crippen molar-refractivity contribution in [1.29, 1.82) is 0 Å². The molecule has 0 aliphatic carbocycles. The molecule has 8 nitrogen and oxygen atoms in total. The topological polar surface area (TPSA) is 87.1 Å². The molecule has 156 valence electrons. The quantitative estimate of drug-likeness (QED) is 0.612. The summed E-state index contributed by atoms with van der Waals surface area (Å²) in [5.74, 6) is -0.469. The SMILES string of the molecule is CCOC(=O)[C@H]1C(=O)NC(N2CCN(c3ccccn3)CC2)=N[C@H]1c1ccccc1. The molecule has 2 aliphatic heterocycles. The van der Waals surface area contributed by atoms with Crippen molar-refractivity contribution < 1.29 is 14.3 Å². The minimum Gasteiger partial charge on any atom is -0.465 e. The summed E-state index contributed by atoms with van der Waals surface area (Å²) in [6.07, 6.45) is 1.78. The lowest BCUT2D eigenvalue weighted by Crippen LogP contribution is -2.57. The second-order valence-electron chi connectivity index (χ2n) is 7.19. The van der Waals surface area contributed by atoms with Crippen LogP contribution >= 0.6 is 0 Å². The van der Waals surface area contributed by atoms with Crippen molar-refractivity contribution in [2.45, 2.75) is 13.0 Å². The number of guanidine groups is 1. The Morgan fingerprint density at radius 1 is 1.07 bits per heavy atom. The standard InChI is InChI=1S/C22H25N5O3/c1-2-30-21(29)18-19(16-8-4-3-5-9-16)24-22(25-20(18)28)27-14-12-26(13-15-27)17-10-6-7-11-23-17/h3-11,18-19H,2,12-15H2,1H3,(H,24,25,28)/t18-,19+/m1/s1. The molecule has 8 heteroatoms. The molecule has 3 heterocycles. The molecular weight excluding hydrogens is 382 g/mol. The van der Waals surface area contributed by atoms with Crippen LogP contribution in [-0.2, 0) is 14.3 Å². The zero-order chi connectivity index (χ0) is 20.9. The van der Waals surface area contributed by atoms with Crippen LogP contribution in [0.3, 0.4) is 0 Å². The molecule has 2 atom stereocenters. The number of esters is 1. The largest absolute Gasteiger partial charge is 0.465 e. The second kappa shape index (κ2) is 8.94. The zero-order valence-corrected chi connectivity index (χ0v) is 16.9. The fourth-order valence-electron chi connectivity index (χ4n) is 3.80. The summed E-state index contributed by atoms with van der Waals surface area (Å²) >= 11 is 0. The molecule has 1 amide bonds. The first-order valence-electron chi connectivity index (χ1n) is 10.2. The van der Waals surface area contributed by atoms with E-state index in [1.807, 2.05) is 48.5 Å². The van der Waals surface area contributed by atoms with Crippen LogP contribution in [0.1, 0.15) is 18.5 Å². The van der Waals surface area contributed by atoms with E-state index in [9.17, 15) is 9.59 Å². The van der Waals surface area contributed by atoms with Crippen LogP contribution in [0.4, 0.5) is 5.82 Å². The van der Waals surface area contributed by atoms with E-state index >= 15 is 0 Å². The van der Waals surface area contributed by atoms with E-state index < -0.39 is 17.9 Å². The molecule has 1 saturated heterocycles. The number of anilines is 1. The van der Waals surface area contributed by atoms with Gasteiger partial charge in [0.25, 0.3) is 0 Å². The number of amides is 1. The molecule has 0 spiro atoms. The number of nitrogens with one attached hydrogen (secondary N) is 1. The lowest BCUT2D eigenvalue weighted by atomic mass is 9.91. The third-order valence-corrected chi connectivity index (χ3v) is 5.33. The number of carbonyl (C=O) groups is 2. The van der Waals surface area contributed by atoms with Gasteiger partial charge in [-0.05, 0) is 24.6 Å². The van der Waals surface area contributed by atoms with Crippen molar-refractivity contribution in [3.63, 3.8) is 0 Å². The summed E-state index contributed by atoms with van der Waals surface area (Å²) in [5.41, 5.74) is 0.815. The van der Waals surface area contributed by atoms with Gasteiger partial charge in [0, 0.05) is 32.4 Å². The highest BCUT2D eigenvalue weighted by molar-refractivity contribution is 6.08. The normalized spacial score (nSPS) is 21.6. The van der Waals surface area contributed by atoms with Crippen LogP contribution in [0.15, 0.2) is 59.7 Å². The van der Waals surface area contributed by atoms with Gasteiger partial charge in [0.05, 0.1) is 6.61 Å². The Labute approximate surface area is 175 Å². The number of rotatable bonds is 4. The van der Waals surface area contributed by atoms with Crippen LogP contribution < -0.4 is 10.2 Å². The molecule has 4 rings (SSSR count). The van der Waals surface area contributed by atoms with Crippen LogP contribution in [0.25, 0.3) is 0 Å². The Morgan fingerprint density at radius 3 is 2.43 bits per heavy atom. The van der Waals surface area contributed by atoms with E-state index in [4.69, 9.17) is 9.73 Å². The molecule has 0 saturated carbocycles. The van der Waals surface area contributed by atoms with Gasteiger partial charge in [-0.3, -0.25) is 14.9 Å². The summed E-state index contributed by atoms with van der Waals surface area (Å²) in [4.78, 5) is 38.8. The van der Waals surface area contributed by atoms with E-state index in [-0.39, 0.29) is 12.5 Å². The Balaban J connectivity index is 1.55. The number of benzene rings is 1. The van der Waals surface area contributed by atoms with Gasteiger partial charge in [0.2, 0.25) is 11.9 Å². The van der Waals surface area contributed by atoms with Crippen molar-refractivity contribution in [1.82, 2.24) is 15.2 Å². The first kappa shape index (κ1) is 19.9. The number of aliphatic imine (C=N–C) groups is 1. The van der Waals surface area contributed by atoms with E-state index in [1.54, 1.807) is 13.1 Å². The lowest BCUT2D eigenvalue weighted by molar-refractivity contribution is -0.153. The van der Waals surface area contributed by atoms with E-state index in [1.165, 1.54) is 0 Å². The predicted molar refractivity (Wildman–Crippen MR) is 113 cm³/mol. The lowest BCUT2D eigenvalue weighted by Gasteiger charge is -2.39. The molecule has 2 aromatic rings. The fourth-order valence-corrected chi connectivity index (χ4v) is 3.80. The minimum atomic E-state index is -0.995. The van der Waals surface area contributed by atoms with Gasteiger partial charge >= 0.3 is 5.97 Å². The third kappa shape index (κ3) is 4.12. The zero-order valence-electron chi connectivity index (χ0n) is 16.9. The van der Waals surface area contributed by atoms with Crippen LogP contribution in [0.2, 0.25) is 0 Å². The third-order valence-electron chi connectivity index (χ3n) is 5.33. The summed E-state index contributed by atoms with van der Waals surface area (Å²) in [6.45, 7) is 4.87. The number of hydrogen-bond donors (Lipinski definition) is 1. The first-order chi connectivity index (χ1) is 14.7. The maximum absolute atomic E-state index is 12.9. The molecular formula is C22H25N5O3. The summed E-state index contributed by atoms with van der Waals surface area (Å²) in [7, 11) is 0. The van der Waals surface area contributed by atoms with Gasteiger partial charge in [-0.15, -0.1) is 0 Å². The van der Waals surface area contributed by atoms with E-state index in [0.29, 0.717) is 19.0 Å². The molecule has 1 N–H and O–H groups in total. The van der Waals surface area contributed by atoms with Gasteiger partial charge in [-0.25, -0.2) is 9.98 Å². The summed E-state index contributed by atoms with van der Waals surface area (Å²) in [5, 5.41) is 2.83. The van der Waals surface area contributed by atoms with Gasteiger partial charge < -0.3 is 14.5 Å². The second-order valence-corrected chi connectivity index (χ2v) is 7.19. The maximum Gasteiger partial charge on any atom is 0.321 e. The molecule has 30 heavy (non-hydrogen) atoms. The number of piperazine rings is 1. The molecule has 2 aliphatic rings. The van der Waals surface area contributed by atoms with Gasteiger partial charge in [-0.1, -0.05) is 36.4 Å². The Bertz CT molecular complexity index is 911. The molecule has 0 unspecified atom stereocenters. The van der Waals surface area contributed by atoms with Gasteiger partial charge in [0.15, 0.2) is 5.92 Å². The van der Waals surface area contributed by atoms with Gasteiger partial charge in [0.1, 0.15) is 11.9 Å². The monoisotopic (exact) mass is 407 g/mol. The number of carbonyl (C=O) groups excluding carboxylic acids is 2. The van der Waals surface area contributed by atoms with Crippen LogP contribution in [0, 0.1) is 5.92 Å². The Morgan fingerprint density at radius 2 is 1.77 bits per heavy atom. The number of aromatic nitrogens is 1. The number of pyridine rings is 1. The predicted octanol–water partition coefficient (Wildman–Crippen LogP) is 1.61. The van der Waals surface area contributed by atoms with E-state index in [0.717, 1.165) is 24.5 Å². The van der Waals surface area contributed by atoms with Crippen LogP contribution in [0.5, 0.6) is 0 Å². The number of ether oxygens (including phenoxy) is 1. The molecule has 0 bridgehead atoms. The average Bonchev–Trinajstić information content (AvgIpc) is 2.80. The summed E-state index contributed by atoms with van der Waals surface area (Å²) < 4.78 is 5.15. The molecule has 1 aromatic carbocycles. The van der Waals surface area contributed by atoms with Crippen molar-refractivity contribution in [3.05, 3.63) is 60.3 Å². The highest BCUT2D eigenvalue weighted by Crippen LogP contribution is 2.31. The fraction of sp³-hybridized carbons (Fsp3) is 0.364. The van der Waals surface area contributed by atoms with E-state index in [2.05, 4.69) is 20.1 Å². The van der Waals surface area contributed by atoms with Crippen molar-refractivity contribution in [2.24, 2.45) is 10.9 Å². The average molecular weight is 407 g/mol. The maximum atomic E-state index is 12.9. The van der Waals surface area contributed by atoms with Crippen molar-refractivity contribution in [2.75, 3.05) is 37.7 Å². The van der Waals surface area contributed by atoms with Crippen molar-refractivity contribution >= 4 is 23.7 Å². The Hall–Kier alpha value is -3.42. The first-order valence-corrected chi connectivity index (χ1v) is 10.2. The minimum absolute atomic E-state index is 0.218.